The van der Waals surface area contributed by atoms with Crippen LogP contribution in [0, 0.1) is 0 Å². The fourth-order valence-corrected chi connectivity index (χ4v) is 5.11. The van der Waals surface area contributed by atoms with E-state index in [1.165, 1.54) is 10.6 Å². The van der Waals surface area contributed by atoms with Crippen LogP contribution in [0.25, 0.3) is 11.3 Å². The standard InChI is InChI=1S/C24H34N2O6Si/c1-23(2,3)33(6,7)29-14-17-19-20(32-24(4,5)31-19)21(30-17)26-16(13-18(27)25-22(26)28)15-11-9-8-10-12-15/h8-13,17,19-21H,14H2,1-7H3,(H,25,27,28)/t17-,19-,20-,21-/m1/s1. The summed E-state index contributed by atoms with van der Waals surface area (Å²) in [4.78, 5) is 27.6. The molecule has 180 valence electrons. The van der Waals surface area contributed by atoms with Crippen molar-refractivity contribution in [3.05, 3.63) is 57.2 Å². The van der Waals surface area contributed by atoms with Crippen LogP contribution in [0.2, 0.25) is 18.1 Å². The van der Waals surface area contributed by atoms with Crippen molar-refractivity contribution in [3.8, 4) is 11.3 Å². The first-order valence-corrected chi connectivity index (χ1v) is 14.3. The lowest BCUT2D eigenvalue weighted by Crippen LogP contribution is -2.44. The Hall–Kier alpha value is -2.04. The number of hydrogen-bond acceptors (Lipinski definition) is 6. The Morgan fingerprint density at radius 2 is 1.73 bits per heavy atom. The summed E-state index contributed by atoms with van der Waals surface area (Å²) in [6.45, 7) is 15.0. The molecule has 33 heavy (non-hydrogen) atoms. The number of nitrogens with zero attached hydrogens (tertiary/aromatic N) is 1. The molecule has 2 aliphatic rings. The molecule has 8 nitrogen and oxygen atoms in total. The van der Waals surface area contributed by atoms with Crippen LogP contribution in [0.3, 0.4) is 0 Å². The average Bonchev–Trinajstić information content (AvgIpc) is 3.19. The highest BCUT2D eigenvalue weighted by Gasteiger charge is 2.57. The van der Waals surface area contributed by atoms with E-state index in [9.17, 15) is 9.59 Å². The highest BCUT2D eigenvalue weighted by atomic mass is 28.4. The van der Waals surface area contributed by atoms with Crippen molar-refractivity contribution in [1.82, 2.24) is 9.55 Å². The highest BCUT2D eigenvalue weighted by Crippen LogP contribution is 2.44. The molecule has 9 heteroatoms. The average molecular weight is 475 g/mol. The largest absolute Gasteiger partial charge is 0.414 e. The molecule has 0 unspecified atom stereocenters. The Labute approximate surface area is 195 Å². The number of ether oxygens (including phenoxy) is 3. The molecule has 0 bridgehead atoms. The fourth-order valence-electron chi connectivity index (χ4n) is 4.10. The molecule has 0 amide bonds. The van der Waals surface area contributed by atoms with Crippen molar-refractivity contribution >= 4 is 8.32 Å². The first kappa shape index (κ1) is 24.1. The van der Waals surface area contributed by atoms with Crippen molar-refractivity contribution in [2.75, 3.05) is 6.61 Å². The van der Waals surface area contributed by atoms with Gasteiger partial charge in [-0.15, -0.1) is 0 Å². The number of benzene rings is 1. The summed E-state index contributed by atoms with van der Waals surface area (Å²) in [5.74, 6) is -0.828. The molecule has 0 saturated carbocycles. The van der Waals surface area contributed by atoms with Gasteiger partial charge in [-0.05, 0) is 37.5 Å². The number of aromatic nitrogens is 2. The van der Waals surface area contributed by atoms with Crippen LogP contribution in [0.4, 0.5) is 0 Å². The zero-order chi connectivity index (χ0) is 24.2. The minimum atomic E-state index is -2.03. The number of aromatic amines is 1. The van der Waals surface area contributed by atoms with Crippen LogP contribution < -0.4 is 11.2 Å². The number of hydrogen-bond donors (Lipinski definition) is 1. The molecule has 2 aromatic rings. The molecule has 2 aliphatic heterocycles. The Morgan fingerprint density at radius 3 is 2.36 bits per heavy atom. The van der Waals surface area contributed by atoms with Gasteiger partial charge in [0, 0.05) is 6.07 Å². The number of nitrogens with one attached hydrogen (secondary N) is 1. The lowest BCUT2D eigenvalue weighted by atomic mass is 10.1. The summed E-state index contributed by atoms with van der Waals surface area (Å²) in [5, 5.41) is 0.0487. The predicted octanol–water partition coefficient (Wildman–Crippen LogP) is 3.64. The maximum atomic E-state index is 13.0. The normalized spacial score (nSPS) is 27.0. The van der Waals surface area contributed by atoms with E-state index in [1.54, 1.807) is 0 Å². The van der Waals surface area contributed by atoms with Crippen LogP contribution in [0.1, 0.15) is 40.8 Å². The van der Waals surface area contributed by atoms with E-state index < -0.39 is 49.9 Å². The van der Waals surface area contributed by atoms with Crippen LogP contribution in [-0.2, 0) is 18.6 Å². The smallest absolute Gasteiger partial charge is 0.331 e. The molecular weight excluding hydrogens is 440 g/mol. The van der Waals surface area contributed by atoms with Crippen LogP contribution >= 0.6 is 0 Å². The summed E-state index contributed by atoms with van der Waals surface area (Å²) in [6, 6.07) is 10.7. The Morgan fingerprint density at radius 1 is 1.09 bits per heavy atom. The maximum Gasteiger partial charge on any atom is 0.331 e. The lowest BCUT2D eigenvalue weighted by Gasteiger charge is -2.37. The Kier molecular flexibility index (Phi) is 6.07. The molecule has 2 fully saturated rings. The molecule has 4 rings (SSSR count). The molecular formula is C24H34N2O6Si. The van der Waals surface area contributed by atoms with Crippen LogP contribution in [0.5, 0.6) is 0 Å². The predicted molar refractivity (Wildman–Crippen MR) is 128 cm³/mol. The van der Waals surface area contributed by atoms with Crippen molar-refractivity contribution in [2.45, 2.75) is 83.1 Å². The van der Waals surface area contributed by atoms with E-state index in [-0.39, 0.29) is 5.04 Å². The number of rotatable bonds is 5. The Balaban J connectivity index is 1.72. The third kappa shape index (κ3) is 4.65. The molecule has 1 aromatic carbocycles. The van der Waals surface area contributed by atoms with E-state index in [2.05, 4.69) is 38.8 Å². The quantitative estimate of drug-likeness (QED) is 0.665. The van der Waals surface area contributed by atoms with Gasteiger partial charge in [0.1, 0.15) is 18.3 Å². The van der Waals surface area contributed by atoms with Gasteiger partial charge < -0.3 is 18.6 Å². The maximum absolute atomic E-state index is 13.0. The number of H-pyrrole nitrogens is 1. The van der Waals surface area contributed by atoms with Crippen LogP contribution in [-0.4, -0.2) is 48.6 Å². The zero-order valence-corrected chi connectivity index (χ0v) is 21.4. The van der Waals surface area contributed by atoms with Gasteiger partial charge in [-0.1, -0.05) is 51.1 Å². The third-order valence-electron chi connectivity index (χ3n) is 6.84. The van der Waals surface area contributed by atoms with Gasteiger partial charge in [-0.3, -0.25) is 14.3 Å². The van der Waals surface area contributed by atoms with E-state index in [1.807, 2.05) is 44.2 Å². The van der Waals surface area contributed by atoms with Gasteiger partial charge in [-0.2, -0.15) is 0 Å². The summed E-state index contributed by atoms with van der Waals surface area (Å²) >= 11 is 0. The first-order valence-electron chi connectivity index (χ1n) is 11.4. The van der Waals surface area contributed by atoms with Gasteiger partial charge in [0.05, 0.1) is 12.3 Å². The minimum absolute atomic E-state index is 0.0487. The van der Waals surface area contributed by atoms with Gasteiger partial charge in [0.15, 0.2) is 20.3 Å². The van der Waals surface area contributed by atoms with Gasteiger partial charge in [0.25, 0.3) is 5.56 Å². The van der Waals surface area contributed by atoms with Crippen molar-refractivity contribution < 1.29 is 18.6 Å². The molecule has 1 N–H and O–H groups in total. The van der Waals surface area contributed by atoms with Crippen molar-refractivity contribution in [3.63, 3.8) is 0 Å². The molecule has 2 saturated heterocycles. The van der Waals surface area contributed by atoms with Gasteiger partial charge >= 0.3 is 5.69 Å². The minimum Gasteiger partial charge on any atom is -0.414 e. The molecule has 0 radical (unpaired) electrons. The SMILES string of the molecule is CC1(C)O[C@@H]2[C@H](O1)[C@@H](CO[Si](C)(C)C(C)(C)C)O[C@H]2n1c(-c2ccccc2)cc(=O)[nH]c1=O. The van der Waals surface area contributed by atoms with E-state index in [0.717, 1.165) is 5.56 Å². The van der Waals surface area contributed by atoms with E-state index >= 15 is 0 Å². The number of fused-ring (bicyclic) bond motifs is 1. The van der Waals surface area contributed by atoms with Gasteiger partial charge in [0.2, 0.25) is 0 Å². The van der Waals surface area contributed by atoms with Crippen LogP contribution in [0.15, 0.2) is 46.0 Å². The molecule has 3 heterocycles. The molecule has 0 spiro atoms. The van der Waals surface area contributed by atoms with Crippen molar-refractivity contribution in [1.29, 1.82) is 0 Å². The van der Waals surface area contributed by atoms with E-state index in [4.69, 9.17) is 18.6 Å². The third-order valence-corrected chi connectivity index (χ3v) is 11.3. The van der Waals surface area contributed by atoms with Crippen molar-refractivity contribution in [2.24, 2.45) is 0 Å². The zero-order valence-electron chi connectivity index (χ0n) is 20.4. The summed E-state index contributed by atoms with van der Waals surface area (Å²) in [5.41, 5.74) is 0.183. The molecule has 4 atom stereocenters. The highest BCUT2D eigenvalue weighted by molar-refractivity contribution is 6.74. The second-order valence-corrected chi connectivity index (χ2v) is 15.6. The lowest BCUT2D eigenvalue weighted by molar-refractivity contribution is -0.200. The topological polar surface area (TPSA) is 91.8 Å². The molecule has 1 aromatic heterocycles. The first-order chi connectivity index (χ1) is 15.3. The second kappa shape index (κ2) is 8.32. The summed E-state index contributed by atoms with van der Waals surface area (Å²) < 4.78 is 26.7. The van der Waals surface area contributed by atoms with Gasteiger partial charge in [-0.25, -0.2) is 4.79 Å². The fraction of sp³-hybridized carbons (Fsp3) is 0.583. The summed E-state index contributed by atoms with van der Waals surface area (Å²) in [7, 11) is -2.03. The molecule has 0 aliphatic carbocycles. The monoisotopic (exact) mass is 474 g/mol. The van der Waals surface area contributed by atoms with E-state index in [0.29, 0.717) is 12.3 Å². The summed E-state index contributed by atoms with van der Waals surface area (Å²) in [6.07, 6.45) is -2.13. The second-order valence-electron chi connectivity index (χ2n) is 10.8. The Bertz CT molecular complexity index is 1120.